The first-order chi connectivity index (χ1) is 8.20. The lowest BCUT2D eigenvalue weighted by molar-refractivity contribution is -0.137. The van der Waals surface area contributed by atoms with Crippen LogP contribution >= 0.6 is 0 Å². The van der Waals surface area contributed by atoms with Crippen molar-refractivity contribution in [1.82, 2.24) is 5.32 Å². The minimum atomic E-state index is -0.866. The highest BCUT2D eigenvalue weighted by Crippen LogP contribution is 2.06. The van der Waals surface area contributed by atoms with Gasteiger partial charge in [0, 0.05) is 12.8 Å². The fourth-order valence-electron chi connectivity index (χ4n) is 1.17. The number of unbranched alkanes of at least 4 members (excludes halogenated alkanes) is 1. The number of carboxylic acids is 1. The number of Topliss-reactive ketones (excluding diaryl/α,β-unsaturated/α-hetero) is 1. The van der Waals surface area contributed by atoms with Gasteiger partial charge in [-0.3, -0.25) is 9.59 Å². The van der Waals surface area contributed by atoms with Crippen LogP contribution < -0.4 is 5.32 Å². The van der Waals surface area contributed by atoms with E-state index in [1.807, 2.05) is 0 Å². The van der Waals surface area contributed by atoms with Crippen molar-refractivity contribution in [2.75, 3.05) is 6.54 Å². The smallest absolute Gasteiger partial charge is 0.408 e. The maximum Gasteiger partial charge on any atom is 0.408 e. The van der Waals surface area contributed by atoms with E-state index >= 15 is 0 Å². The van der Waals surface area contributed by atoms with Crippen molar-refractivity contribution >= 4 is 17.8 Å². The topological polar surface area (TPSA) is 92.7 Å². The van der Waals surface area contributed by atoms with Crippen LogP contribution in [0.4, 0.5) is 4.79 Å². The van der Waals surface area contributed by atoms with Crippen LogP contribution in [0.25, 0.3) is 0 Å². The van der Waals surface area contributed by atoms with E-state index in [0.29, 0.717) is 12.8 Å². The lowest BCUT2D eigenvalue weighted by atomic mass is 10.1. The van der Waals surface area contributed by atoms with E-state index < -0.39 is 17.7 Å². The molecule has 0 bridgehead atoms. The first kappa shape index (κ1) is 16.4. The van der Waals surface area contributed by atoms with E-state index in [9.17, 15) is 14.4 Å². The number of nitrogens with one attached hydrogen (secondary N) is 1. The average molecular weight is 259 g/mol. The number of rotatable bonds is 7. The summed E-state index contributed by atoms with van der Waals surface area (Å²) >= 11 is 0. The van der Waals surface area contributed by atoms with Gasteiger partial charge in [0.05, 0.1) is 6.54 Å². The first-order valence-corrected chi connectivity index (χ1v) is 5.91. The molecule has 0 fully saturated rings. The van der Waals surface area contributed by atoms with E-state index in [-0.39, 0.29) is 25.2 Å². The van der Waals surface area contributed by atoms with Gasteiger partial charge in [-0.15, -0.1) is 0 Å². The van der Waals surface area contributed by atoms with E-state index in [1.54, 1.807) is 20.8 Å². The second-order valence-electron chi connectivity index (χ2n) is 4.99. The molecule has 6 nitrogen and oxygen atoms in total. The molecule has 0 unspecified atom stereocenters. The summed E-state index contributed by atoms with van der Waals surface area (Å²) in [6, 6.07) is 0. The maximum absolute atomic E-state index is 11.3. The lowest BCUT2D eigenvalue weighted by Gasteiger charge is -2.19. The summed E-state index contributed by atoms with van der Waals surface area (Å²) in [6.45, 7) is 5.13. The quantitative estimate of drug-likeness (QED) is 0.679. The van der Waals surface area contributed by atoms with Gasteiger partial charge in [0.2, 0.25) is 0 Å². The van der Waals surface area contributed by atoms with E-state index in [0.717, 1.165) is 0 Å². The summed E-state index contributed by atoms with van der Waals surface area (Å²) in [5.41, 5.74) is -0.589. The average Bonchev–Trinajstić information content (AvgIpc) is 2.19. The molecule has 0 aromatic carbocycles. The SMILES string of the molecule is CC(C)(C)OC(=O)NCC(=O)CCCCC(=O)O. The van der Waals surface area contributed by atoms with Gasteiger partial charge in [-0.05, 0) is 33.6 Å². The van der Waals surface area contributed by atoms with Crippen molar-refractivity contribution in [3.05, 3.63) is 0 Å². The zero-order valence-electron chi connectivity index (χ0n) is 11.1. The molecule has 0 aliphatic rings. The number of aliphatic carboxylic acids is 1. The Morgan fingerprint density at radius 3 is 2.17 bits per heavy atom. The molecule has 0 aliphatic heterocycles. The van der Waals surface area contributed by atoms with Crippen LogP contribution in [0.3, 0.4) is 0 Å². The number of ketones is 1. The molecule has 6 heteroatoms. The molecule has 0 saturated heterocycles. The predicted octanol–water partition coefficient (Wildman–Crippen LogP) is 1.73. The van der Waals surface area contributed by atoms with Gasteiger partial charge < -0.3 is 15.2 Å². The number of carbonyl (C=O) groups excluding carboxylic acids is 2. The van der Waals surface area contributed by atoms with Crippen molar-refractivity contribution in [2.45, 2.75) is 52.1 Å². The molecule has 0 saturated carbocycles. The predicted molar refractivity (Wildman–Crippen MR) is 65.3 cm³/mol. The normalized spacial score (nSPS) is 10.8. The number of amides is 1. The second kappa shape index (κ2) is 7.68. The van der Waals surface area contributed by atoms with Gasteiger partial charge in [-0.25, -0.2) is 4.79 Å². The maximum atomic E-state index is 11.3. The molecule has 0 aromatic heterocycles. The second-order valence-corrected chi connectivity index (χ2v) is 4.99. The van der Waals surface area contributed by atoms with Crippen molar-refractivity contribution in [1.29, 1.82) is 0 Å². The van der Waals surface area contributed by atoms with E-state index in [2.05, 4.69) is 5.32 Å². The highest BCUT2D eigenvalue weighted by Gasteiger charge is 2.16. The third kappa shape index (κ3) is 10.9. The molecule has 0 radical (unpaired) electrons. The highest BCUT2D eigenvalue weighted by atomic mass is 16.6. The zero-order chi connectivity index (χ0) is 14.2. The summed E-state index contributed by atoms with van der Waals surface area (Å²) in [7, 11) is 0. The third-order valence-corrected chi connectivity index (χ3v) is 1.93. The van der Waals surface area contributed by atoms with Crippen LogP contribution in [-0.4, -0.2) is 35.1 Å². The van der Waals surface area contributed by atoms with Gasteiger partial charge >= 0.3 is 12.1 Å². The Balaban J connectivity index is 3.64. The number of carbonyl (C=O) groups is 3. The van der Waals surface area contributed by atoms with Crippen LogP contribution in [0.1, 0.15) is 46.5 Å². The Bertz CT molecular complexity index is 306. The molecule has 0 aromatic rings. The number of hydrogen-bond donors (Lipinski definition) is 2. The van der Waals surface area contributed by atoms with Gasteiger partial charge in [0.25, 0.3) is 0 Å². The molecule has 104 valence electrons. The Hall–Kier alpha value is -1.59. The summed E-state index contributed by atoms with van der Waals surface area (Å²) in [5.74, 6) is -0.999. The minimum Gasteiger partial charge on any atom is -0.481 e. The Morgan fingerprint density at radius 2 is 1.67 bits per heavy atom. The van der Waals surface area contributed by atoms with Gasteiger partial charge in [0.1, 0.15) is 5.60 Å². The summed E-state index contributed by atoms with van der Waals surface area (Å²) in [5, 5.41) is 10.8. The van der Waals surface area contributed by atoms with Gasteiger partial charge in [0.15, 0.2) is 5.78 Å². The molecule has 0 heterocycles. The Kier molecular flexibility index (Phi) is 7.00. The van der Waals surface area contributed by atoms with E-state index in [4.69, 9.17) is 9.84 Å². The van der Waals surface area contributed by atoms with Gasteiger partial charge in [-0.2, -0.15) is 0 Å². The monoisotopic (exact) mass is 259 g/mol. The lowest BCUT2D eigenvalue weighted by Crippen LogP contribution is -2.35. The molecule has 18 heavy (non-hydrogen) atoms. The molecular formula is C12H21NO5. The van der Waals surface area contributed by atoms with Crippen LogP contribution in [-0.2, 0) is 14.3 Å². The van der Waals surface area contributed by atoms with Crippen molar-refractivity contribution in [3.63, 3.8) is 0 Å². The van der Waals surface area contributed by atoms with Crippen LogP contribution in [0.15, 0.2) is 0 Å². The Morgan fingerprint density at radius 1 is 1.11 bits per heavy atom. The molecule has 1 amide bonds. The summed E-state index contributed by atoms with van der Waals surface area (Å²) < 4.78 is 4.97. The summed E-state index contributed by atoms with van der Waals surface area (Å²) in [6.07, 6.45) is 0.686. The number of hydrogen-bond acceptors (Lipinski definition) is 4. The van der Waals surface area contributed by atoms with Crippen molar-refractivity contribution in [3.8, 4) is 0 Å². The molecule has 0 atom stereocenters. The zero-order valence-corrected chi connectivity index (χ0v) is 11.1. The molecule has 0 spiro atoms. The fraction of sp³-hybridized carbons (Fsp3) is 0.750. The number of ether oxygens (including phenoxy) is 1. The number of alkyl carbamates (subject to hydrolysis) is 1. The highest BCUT2D eigenvalue weighted by molar-refractivity contribution is 5.83. The van der Waals surface area contributed by atoms with Crippen LogP contribution in [0.5, 0.6) is 0 Å². The van der Waals surface area contributed by atoms with Crippen molar-refractivity contribution in [2.24, 2.45) is 0 Å². The minimum absolute atomic E-state index is 0.0623. The fourth-order valence-corrected chi connectivity index (χ4v) is 1.17. The summed E-state index contributed by atoms with van der Waals surface area (Å²) in [4.78, 5) is 32.8. The molecule has 2 N–H and O–H groups in total. The molecular weight excluding hydrogens is 238 g/mol. The van der Waals surface area contributed by atoms with E-state index in [1.165, 1.54) is 0 Å². The number of carboxylic acid groups (broad SMARTS) is 1. The first-order valence-electron chi connectivity index (χ1n) is 5.91. The van der Waals surface area contributed by atoms with Crippen LogP contribution in [0, 0.1) is 0 Å². The molecule has 0 rings (SSSR count). The van der Waals surface area contributed by atoms with Crippen LogP contribution in [0.2, 0.25) is 0 Å². The molecule has 0 aliphatic carbocycles. The van der Waals surface area contributed by atoms with Crippen molar-refractivity contribution < 1.29 is 24.2 Å². The third-order valence-electron chi connectivity index (χ3n) is 1.93. The Labute approximate surface area is 107 Å². The van der Waals surface area contributed by atoms with Gasteiger partial charge in [-0.1, -0.05) is 0 Å². The largest absolute Gasteiger partial charge is 0.481 e. The standard InChI is InChI=1S/C12H21NO5/c1-12(2,3)18-11(17)13-8-9(14)6-4-5-7-10(15)16/h4-8H2,1-3H3,(H,13,17)(H,15,16).